The lowest BCUT2D eigenvalue weighted by Gasteiger charge is -2.15. The quantitative estimate of drug-likeness (QED) is 0.863. The third-order valence-electron chi connectivity index (χ3n) is 2.63. The summed E-state index contributed by atoms with van der Waals surface area (Å²) in [7, 11) is 1.81. The normalized spacial score (nSPS) is 11.9. The summed E-state index contributed by atoms with van der Waals surface area (Å²) >= 11 is 0. The maximum Gasteiger partial charge on any atom is 0.224 e. The number of aryl methyl sites for hydroxylation is 1. The molecular formula is C13H17N5. The van der Waals surface area contributed by atoms with Crippen LogP contribution in [-0.2, 0) is 0 Å². The van der Waals surface area contributed by atoms with Crippen LogP contribution >= 0.6 is 0 Å². The van der Waals surface area contributed by atoms with Crippen LogP contribution in [0, 0.1) is 6.92 Å². The van der Waals surface area contributed by atoms with Crippen LogP contribution in [0.25, 0.3) is 0 Å². The lowest BCUT2D eigenvalue weighted by atomic mass is 10.1. The number of pyridine rings is 1. The van der Waals surface area contributed by atoms with Gasteiger partial charge in [0.2, 0.25) is 5.95 Å². The molecule has 1 unspecified atom stereocenters. The van der Waals surface area contributed by atoms with Gasteiger partial charge in [0.25, 0.3) is 0 Å². The van der Waals surface area contributed by atoms with Crippen LogP contribution in [0.15, 0.2) is 30.6 Å². The Kier molecular flexibility index (Phi) is 3.72. The molecule has 0 aliphatic carbocycles. The average molecular weight is 243 g/mol. The third-order valence-corrected chi connectivity index (χ3v) is 2.63. The van der Waals surface area contributed by atoms with Gasteiger partial charge in [-0.2, -0.15) is 4.98 Å². The number of aromatic nitrogens is 3. The van der Waals surface area contributed by atoms with E-state index in [1.54, 1.807) is 6.20 Å². The van der Waals surface area contributed by atoms with Crippen molar-refractivity contribution in [2.45, 2.75) is 19.9 Å². The molecule has 1 atom stereocenters. The molecule has 0 fully saturated rings. The summed E-state index contributed by atoms with van der Waals surface area (Å²) in [5.74, 6) is 1.43. The van der Waals surface area contributed by atoms with E-state index in [9.17, 15) is 0 Å². The van der Waals surface area contributed by atoms with E-state index < -0.39 is 0 Å². The zero-order valence-electron chi connectivity index (χ0n) is 10.8. The molecule has 0 amide bonds. The van der Waals surface area contributed by atoms with Crippen molar-refractivity contribution in [3.05, 3.63) is 41.9 Å². The van der Waals surface area contributed by atoms with Crippen LogP contribution in [0.5, 0.6) is 0 Å². The van der Waals surface area contributed by atoms with Gasteiger partial charge in [-0.3, -0.25) is 4.98 Å². The Bertz CT molecular complexity index is 512. The molecule has 0 radical (unpaired) electrons. The van der Waals surface area contributed by atoms with E-state index in [0.29, 0.717) is 5.95 Å². The molecule has 5 nitrogen and oxygen atoms in total. The number of hydrogen-bond donors (Lipinski definition) is 2. The van der Waals surface area contributed by atoms with Crippen molar-refractivity contribution in [1.29, 1.82) is 0 Å². The van der Waals surface area contributed by atoms with Crippen molar-refractivity contribution in [2.75, 3.05) is 17.7 Å². The van der Waals surface area contributed by atoms with E-state index in [-0.39, 0.29) is 6.04 Å². The minimum absolute atomic E-state index is 0.151. The average Bonchev–Trinajstić information content (AvgIpc) is 2.39. The Morgan fingerprint density at radius 1 is 1.28 bits per heavy atom. The number of nitrogens with one attached hydrogen (secondary N) is 2. The molecule has 0 aromatic carbocycles. The predicted molar refractivity (Wildman–Crippen MR) is 72.6 cm³/mol. The first-order chi connectivity index (χ1) is 8.69. The highest BCUT2D eigenvalue weighted by atomic mass is 15.1. The van der Waals surface area contributed by atoms with E-state index in [2.05, 4.69) is 32.5 Å². The van der Waals surface area contributed by atoms with Crippen molar-refractivity contribution >= 4 is 11.8 Å². The van der Waals surface area contributed by atoms with Gasteiger partial charge in [0, 0.05) is 31.2 Å². The number of hydrogen-bond acceptors (Lipinski definition) is 5. The second-order valence-corrected chi connectivity index (χ2v) is 4.12. The second kappa shape index (κ2) is 5.44. The van der Waals surface area contributed by atoms with Crippen LogP contribution in [0.4, 0.5) is 11.8 Å². The van der Waals surface area contributed by atoms with Gasteiger partial charge in [-0.1, -0.05) is 6.07 Å². The summed E-state index contributed by atoms with van der Waals surface area (Å²) in [4.78, 5) is 12.7. The van der Waals surface area contributed by atoms with E-state index in [1.807, 2.05) is 38.4 Å². The molecule has 2 heterocycles. The summed E-state index contributed by atoms with van der Waals surface area (Å²) in [6.45, 7) is 4.02. The first kappa shape index (κ1) is 12.3. The van der Waals surface area contributed by atoms with Gasteiger partial charge in [0.05, 0.1) is 6.04 Å². The van der Waals surface area contributed by atoms with Crippen LogP contribution in [0.1, 0.15) is 24.2 Å². The highest BCUT2D eigenvalue weighted by Crippen LogP contribution is 2.18. The van der Waals surface area contributed by atoms with E-state index in [4.69, 9.17) is 0 Å². The highest BCUT2D eigenvalue weighted by Gasteiger charge is 2.07. The van der Waals surface area contributed by atoms with Gasteiger partial charge in [-0.15, -0.1) is 0 Å². The second-order valence-electron chi connectivity index (χ2n) is 4.12. The lowest BCUT2D eigenvalue weighted by molar-refractivity contribution is 0.863. The molecule has 0 saturated carbocycles. The van der Waals surface area contributed by atoms with Gasteiger partial charge < -0.3 is 10.6 Å². The van der Waals surface area contributed by atoms with Gasteiger partial charge in [-0.05, 0) is 25.5 Å². The van der Waals surface area contributed by atoms with Gasteiger partial charge >= 0.3 is 0 Å². The van der Waals surface area contributed by atoms with E-state index >= 15 is 0 Å². The van der Waals surface area contributed by atoms with Crippen LogP contribution < -0.4 is 10.6 Å². The molecule has 18 heavy (non-hydrogen) atoms. The topological polar surface area (TPSA) is 62.7 Å². The van der Waals surface area contributed by atoms with Crippen molar-refractivity contribution in [2.24, 2.45) is 0 Å². The molecule has 2 N–H and O–H groups in total. The maximum absolute atomic E-state index is 4.36. The first-order valence-electron chi connectivity index (χ1n) is 5.89. The van der Waals surface area contributed by atoms with Crippen molar-refractivity contribution in [3.8, 4) is 0 Å². The predicted octanol–water partition coefficient (Wildman–Crippen LogP) is 2.39. The standard InChI is InChI=1S/C13H17N5/c1-9-7-12(18-13(14-3)16-9)17-10(2)11-5-4-6-15-8-11/h4-8,10H,1-3H3,(H2,14,16,17,18). The molecule has 0 spiro atoms. The fourth-order valence-electron chi connectivity index (χ4n) is 1.69. The fourth-order valence-corrected chi connectivity index (χ4v) is 1.69. The van der Waals surface area contributed by atoms with Crippen LogP contribution in [0.2, 0.25) is 0 Å². The lowest BCUT2D eigenvalue weighted by Crippen LogP contribution is -2.10. The maximum atomic E-state index is 4.36. The van der Waals surface area contributed by atoms with Gasteiger partial charge in [0.1, 0.15) is 5.82 Å². The minimum Gasteiger partial charge on any atom is -0.363 e. The fraction of sp³-hybridized carbons (Fsp3) is 0.308. The molecule has 2 rings (SSSR count). The Morgan fingerprint density at radius 3 is 2.78 bits per heavy atom. The van der Waals surface area contributed by atoms with Crippen molar-refractivity contribution < 1.29 is 0 Å². The summed E-state index contributed by atoms with van der Waals surface area (Å²) in [6, 6.07) is 6.04. The van der Waals surface area contributed by atoms with Gasteiger partial charge in [-0.25, -0.2) is 4.98 Å². The molecule has 0 aliphatic heterocycles. The molecule has 94 valence electrons. The SMILES string of the molecule is CNc1nc(C)cc(NC(C)c2cccnc2)n1. The van der Waals surface area contributed by atoms with Gasteiger partial charge in [0.15, 0.2) is 0 Å². The number of nitrogens with zero attached hydrogens (tertiary/aromatic N) is 3. The van der Waals surface area contributed by atoms with Crippen LogP contribution in [-0.4, -0.2) is 22.0 Å². The minimum atomic E-state index is 0.151. The molecule has 0 bridgehead atoms. The molecular weight excluding hydrogens is 226 g/mol. The largest absolute Gasteiger partial charge is 0.363 e. The first-order valence-corrected chi connectivity index (χ1v) is 5.89. The monoisotopic (exact) mass is 243 g/mol. The summed E-state index contributed by atoms with van der Waals surface area (Å²) in [5.41, 5.74) is 2.05. The molecule has 0 aliphatic rings. The summed E-state index contributed by atoms with van der Waals surface area (Å²) in [5, 5.41) is 6.29. The van der Waals surface area contributed by atoms with Crippen molar-refractivity contribution in [3.63, 3.8) is 0 Å². The Hall–Kier alpha value is -2.17. The Labute approximate surface area is 107 Å². The van der Waals surface area contributed by atoms with E-state index in [1.165, 1.54) is 0 Å². The van der Waals surface area contributed by atoms with Crippen molar-refractivity contribution in [1.82, 2.24) is 15.0 Å². The molecule has 5 heteroatoms. The Balaban J connectivity index is 2.16. The van der Waals surface area contributed by atoms with Crippen LogP contribution in [0.3, 0.4) is 0 Å². The summed E-state index contributed by atoms with van der Waals surface area (Å²) < 4.78 is 0. The van der Waals surface area contributed by atoms with E-state index in [0.717, 1.165) is 17.1 Å². The molecule has 2 aromatic heterocycles. The summed E-state index contributed by atoms with van der Waals surface area (Å²) in [6.07, 6.45) is 3.62. The Morgan fingerprint density at radius 2 is 2.11 bits per heavy atom. The third kappa shape index (κ3) is 2.94. The smallest absolute Gasteiger partial charge is 0.224 e. The highest BCUT2D eigenvalue weighted by molar-refractivity contribution is 5.43. The molecule has 0 saturated heterocycles. The zero-order chi connectivity index (χ0) is 13.0. The molecule has 2 aromatic rings. The number of anilines is 2. The number of rotatable bonds is 4. The zero-order valence-corrected chi connectivity index (χ0v) is 10.8.